The van der Waals surface area contributed by atoms with Gasteiger partial charge in [0.2, 0.25) is 0 Å². The molecule has 0 N–H and O–H groups in total. The molecule has 0 saturated carbocycles. The third kappa shape index (κ3) is 3.70. The summed E-state index contributed by atoms with van der Waals surface area (Å²) in [6.07, 6.45) is 6.98. The minimum atomic E-state index is 0.483. The molecule has 0 fully saturated rings. The number of pyridine rings is 1. The number of nitrogens with zero attached hydrogens (tertiary/aromatic N) is 1. The predicted molar refractivity (Wildman–Crippen MR) is 100 cm³/mol. The molecule has 2 heteroatoms. The molecule has 0 spiro atoms. The van der Waals surface area contributed by atoms with E-state index in [2.05, 4.69) is 36.2 Å². The lowest BCUT2D eigenvalue weighted by molar-refractivity contribution is 0.111. The number of carbonyl (C=O) groups is 1. The maximum Gasteiger partial charge on any atom is 0.168 e. The molecule has 0 atom stereocenters. The summed E-state index contributed by atoms with van der Waals surface area (Å²) in [4.78, 5) is 15.7. The number of hydrogen-bond donors (Lipinski definition) is 0. The first-order valence-corrected chi connectivity index (χ1v) is 8.76. The van der Waals surface area contributed by atoms with Gasteiger partial charge in [-0.3, -0.25) is 4.79 Å². The van der Waals surface area contributed by atoms with Crippen LogP contribution < -0.4 is 0 Å². The van der Waals surface area contributed by atoms with E-state index in [1.54, 1.807) is 0 Å². The molecule has 0 amide bonds. The topological polar surface area (TPSA) is 30.0 Å². The first kappa shape index (κ1) is 16.4. The van der Waals surface area contributed by atoms with E-state index in [9.17, 15) is 4.79 Å². The Morgan fingerprint density at radius 1 is 0.958 bits per heavy atom. The quantitative estimate of drug-likeness (QED) is 0.405. The fourth-order valence-electron chi connectivity index (χ4n) is 3.12. The van der Waals surface area contributed by atoms with E-state index in [1.165, 1.54) is 31.2 Å². The second-order valence-electron chi connectivity index (χ2n) is 6.24. The summed E-state index contributed by atoms with van der Waals surface area (Å²) in [5.41, 5.74) is 4.92. The number of hydrogen-bond acceptors (Lipinski definition) is 2. The Balaban J connectivity index is 2.02. The summed E-state index contributed by atoms with van der Waals surface area (Å²) in [5.74, 6) is 0. The SMILES string of the molecule is CCCCCCc1ccc2nc(C=O)cc(-c3ccccc3)c2c1. The van der Waals surface area contributed by atoms with Crippen molar-refractivity contribution in [3.05, 3.63) is 65.9 Å². The molecule has 0 unspecified atom stereocenters. The average Bonchev–Trinajstić information content (AvgIpc) is 2.65. The highest BCUT2D eigenvalue weighted by Crippen LogP contribution is 2.29. The summed E-state index contributed by atoms with van der Waals surface area (Å²) in [6, 6.07) is 18.5. The number of fused-ring (bicyclic) bond motifs is 1. The van der Waals surface area contributed by atoms with Crippen molar-refractivity contribution in [1.82, 2.24) is 4.98 Å². The zero-order valence-electron chi connectivity index (χ0n) is 14.2. The summed E-state index contributed by atoms with van der Waals surface area (Å²) in [6.45, 7) is 2.23. The largest absolute Gasteiger partial charge is 0.296 e. The molecule has 3 aromatic rings. The number of rotatable bonds is 7. The van der Waals surface area contributed by atoms with Gasteiger partial charge in [-0.25, -0.2) is 4.98 Å². The number of unbranched alkanes of at least 4 members (excludes halogenated alkanes) is 3. The molecular weight excluding hydrogens is 294 g/mol. The summed E-state index contributed by atoms with van der Waals surface area (Å²) in [5, 5.41) is 1.12. The van der Waals surface area contributed by atoms with E-state index in [1.807, 2.05) is 30.3 Å². The van der Waals surface area contributed by atoms with E-state index in [4.69, 9.17) is 0 Å². The second kappa shape index (κ2) is 7.87. The van der Waals surface area contributed by atoms with Gasteiger partial charge in [0, 0.05) is 5.39 Å². The summed E-state index contributed by atoms with van der Waals surface area (Å²) < 4.78 is 0. The van der Waals surface area contributed by atoms with Crippen molar-refractivity contribution in [1.29, 1.82) is 0 Å². The third-order valence-electron chi connectivity index (χ3n) is 4.42. The summed E-state index contributed by atoms with van der Waals surface area (Å²) >= 11 is 0. The Hall–Kier alpha value is -2.48. The van der Waals surface area contributed by atoms with Gasteiger partial charge in [0.1, 0.15) is 5.69 Å². The average molecular weight is 317 g/mol. The molecule has 3 rings (SSSR count). The van der Waals surface area contributed by atoms with Crippen LogP contribution in [0.5, 0.6) is 0 Å². The lowest BCUT2D eigenvalue weighted by Crippen LogP contribution is -1.94. The van der Waals surface area contributed by atoms with Gasteiger partial charge in [0.25, 0.3) is 0 Å². The van der Waals surface area contributed by atoms with Crippen molar-refractivity contribution < 1.29 is 4.79 Å². The Kier molecular flexibility index (Phi) is 5.37. The Morgan fingerprint density at radius 2 is 1.79 bits per heavy atom. The van der Waals surface area contributed by atoms with Gasteiger partial charge < -0.3 is 0 Å². The smallest absolute Gasteiger partial charge is 0.168 e. The van der Waals surface area contributed by atoms with Gasteiger partial charge in [-0.2, -0.15) is 0 Å². The van der Waals surface area contributed by atoms with Gasteiger partial charge in [0.05, 0.1) is 5.52 Å². The van der Waals surface area contributed by atoms with E-state index in [0.717, 1.165) is 34.7 Å². The monoisotopic (exact) mass is 317 g/mol. The van der Waals surface area contributed by atoms with E-state index in [-0.39, 0.29) is 0 Å². The van der Waals surface area contributed by atoms with Gasteiger partial charge in [-0.15, -0.1) is 0 Å². The third-order valence-corrected chi connectivity index (χ3v) is 4.42. The van der Waals surface area contributed by atoms with Crippen LogP contribution in [0.25, 0.3) is 22.0 Å². The molecule has 122 valence electrons. The van der Waals surface area contributed by atoms with Crippen molar-refractivity contribution in [2.75, 3.05) is 0 Å². The van der Waals surface area contributed by atoms with Gasteiger partial charge in [0.15, 0.2) is 6.29 Å². The molecule has 0 aliphatic rings. The van der Waals surface area contributed by atoms with E-state index in [0.29, 0.717) is 5.69 Å². The molecule has 2 aromatic carbocycles. The van der Waals surface area contributed by atoms with Crippen molar-refractivity contribution in [2.24, 2.45) is 0 Å². The Morgan fingerprint density at radius 3 is 2.54 bits per heavy atom. The number of aryl methyl sites for hydroxylation is 1. The Labute approximate surface area is 143 Å². The zero-order valence-corrected chi connectivity index (χ0v) is 14.2. The zero-order chi connectivity index (χ0) is 16.8. The standard InChI is InChI=1S/C22H23NO/c1-2-3-4-6-9-17-12-13-22-21(14-17)20(15-19(16-24)23-22)18-10-7-5-8-11-18/h5,7-8,10-16H,2-4,6,9H2,1H3. The van der Waals surface area contributed by atoms with Crippen LogP contribution in [0.4, 0.5) is 0 Å². The van der Waals surface area contributed by atoms with E-state index < -0.39 is 0 Å². The highest BCUT2D eigenvalue weighted by atomic mass is 16.1. The number of aromatic nitrogens is 1. The van der Waals surface area contributed by atoms with Crippen LogP contribution in [-0.4, -0.2) is 11.3 Å². The van der Waals surface area contributed by atoms with Gasteiger partial charge in [-0.05, 0) is 47.7 Å². The van der Waals surface area contributed by atoms with Gasteiger partial charge in [-0.1, -0.05) is 62.6 Å². The molecule has 2 nitrogen and oxygen atoms in total. The van der Waals surface area contributed by atoms with Crippen LogP contribution in [0, 0.1) is 0 Å². The predicted octanol–water partition coefficient (Wildman–Crippen LogP) is 5.84. The lowest BCUT2D eigenvalue weighted by Gasteiger charge is -2.10. The molecular formula is C22H23NO. The molecule has 0 aliphatic carbocycles. The maximum atomic E-state index is 11.2. The van der Waals surface area contributed by atoms with Crippen LogP contribution in [0.15, 0.2) is 54.6 Å². The molecule has 0 aliphatic heterocycles. The highest BCUT2D eigenvalue weighted by Gasteiger charge is 2.08. The fraction of sp³-hybridized carbons (Fsp3) is 0.273. The normalized spacial score (nSPS) is 10.9. The van der Waals surface area contributed by atoms with Crippen LogP contribution in [-0.2, 0) is 6.42 Å². The second-order valence-corrected chi connectivity index (χ2v) is 6.24. The minimum Gasteiger partial charge on any atom is -0.296 e. The first-order chi connectivity index (χ1) is 11.8. The van der Waals surface area contributed by atoms with Crippen molar-refractivity contribution in [2.45, 2.75) is 39.0 Å². The van der Waals surface area contributed by atoms with Crippen molar-refractivity contribution in [3.8, 4) is 11.1 Å². The molecule has 1 aromatic heterocycles. The van der Waals surface area contributed by atoms with Crippen LogP contribution in [0.2, 0.25) is 0 Å². The molecule has 24 heavy (non-hydrogen) atoms. The number of aldehydes is 1. The fourth-order valence-corrected chi connectivity index (χ4v) is 3.12. The molecule has 0 saturated heterocycles. The van der Waals surface area contributed by atoms with Crippen LogP contribution in [0.3, 0.4) is 0 Å². The molecule has 0 radical (unpaired) electrons. The number of benzene rings is 2. The molecule has 0 bridgehead atoms. The highest BCUT2D eigenvalue weighted by molar-refractivity contribution is 5.97. The molecule has 1 heterocycles. The first-order valence-electron chi connectivity index (χ1n) is 8.76. The minimum absolute atomic E-state index is 0.483. The Bertz CT molecular complexity index is 824. The van der Waals surface area contributed by atoms with Crippen molar-refractivity contribution in [3.63, 3.8) is 0 Å². The maximum absolute atomic E-state index is 11.2. The number of carbonyl (C=O) groups excluding carboxylic acids is 1. The van der Waals surface area contributed by atoms with Crippen LogP contribution in [0.1, 0.15) is 48.7 Å². The van der Waals surface area contributed by atoms with Crippen molar-refractivity contribution >= 4 is 17.2 Å². The summed E-state index contributed by atoms with van der Waals surface area (Å²) in [7, 11) is 0. The van der Waals surface area contributed by atoms with E-state index >= 15 is 0 Å². The lowest BCUT2D eigenvalue weighted by atomic mass is 9.97. The van der Waals surface area contributed by atoms with Crippen LogP contribution >= 0.6 is 0 Å². The van der Waals surface area contributed by atoms with Gasteiger partial charge >= 0.3 is 0 Å².